The molecule has 2 N–H and O–H groups in total. The normalized spacial score (nSPS) is 18.4. The molecule has 8 heteroatoms. The first kappa shape index (κ1) is 24.1. The van der Waals surface area contributed by atoms with Gasteiger partial charge in [-0.05, 0) is 46.2 Å². The Bertz CT molecular complexity index is 1040. The third kappa shape index (κ3) is 4.79. The minimum absolute atomic E-state index is 0.127. The second-order valence-corrected chi connectivity index (χ2v) is 9.02. The highest BCUT2D eigenvalue weighted by molar-refractivity contribution is 6.09. The van der Waals surface area contributed by atoms with Gasteiger partial charge in [0.05, 0.1) is 12.6 Å². The molecule has 1 heterocycles. The molecule has 1 unspecified atom stereocenters. The molecule has 1 aliphatic rings. The van der Waals surface area contributed by atoms with Gasteiger partial charge in [0.15, 0.2) is 5.54 Å². The lowest BCUT2D eigenvalue weighted by atomic mass is 9.80. The summed E-state index contributed by atoms with van der Waals surface area (Å²) < 4.78 is 10.7. The molecule has 0 radical (unpaired) electrons. The zero-order valence-corrected chi connectivity index (χ0v) is 19.9. The van der Waals surface area contributed by atoms with Crippen LogP contribution in [0.4, 0.5) is 15.3 Å². The molecule has 0 aromatic heterocycles. The van der Waals surface area contributed by atoms with Crippen LogP contribution < -0.4 is 15.5 Å². The third-order valence-electron chi connectivity index (χ3n) is 5.41. The molecule has 0 fully saturated rings. The van der Waals surface area contributed by atoms with Crippen molar-refractivity contribution in [3.05, 3.63) is 65.2 Å². The third-order valence-corrected chi connectivity index (χ3v) is 5.41. The highest BCUT2D eigenvalue weighted by Crippen LogP contribution is 2.47. The first-order valence-corrected chi connectivity index (χ1v) is 10.9. The quantitative estimate of drug-likeness (QED) is 0.708. The Hall–Kier alpha value is -3.55. The number of hydrogen-bond donors (Lipinski definition) is 2. The van der Waals surface area contributed by atoms with Gasteiger partial charge in [-0.25, -0.2) is 9.59 Å². The van der Waals surface area contributed by atoms with E-state index in [2.05, 4.69) is 10.6 Å². The summed E-state index contributed by atoms with van der Waals surface area (Å²) in [6.45, 7) is 9.01. The monoisotopic (exact) mass is 453 g/mol. The van der Waals surface area contributed by atoms with Gasteiger partial charge in [0, 0.05) is 18.3 Å². The zero-order chi connectivity index (χ0) is 24.4. The fourth-order valence-electron chi connectivity index (χ4n) is 4.01. The second kappa shape index (κ2) is 9.13. The molecule has 0 spiro atoms. The van der Waals surface area contributed by atoms with E-state index in [4.69, 9.17) is 9.47 Å². The van der Waals surface area contributed by atoms with Crippen molar-refractivity contribution in [3.8, 4) is 0 Å². The van der Waals surface area contributed by atoms with Gasteiger partial charge < -0.3 is 25.0 Å². The maximum absolute atomic E-state index is 13.8. The first-order valence-electron chi connectivity index (χ1n) is 10.9. The van der Waals surface area contributed by atoms with E-state index in [0.717, 1.165) is 5.56 Å². The minimum Gasteiger partial charge on any atom is -0.450 e. The molecule has 0 bridgehead atoms. The number of hydrogen-bond acceptors (Lipinski definition) is 5. The predicted molar refractivity (Wildman–Crippen MR) is 125 cm³/mol. The van der Waals surface area contributed by atoms with Gasteiger partial charge in [-0.1, -0.05) is 48.0 Å². The molecule has 0 aliphatic carbocycles. The number of amides is 3. The number of carbonyl (C=O) groups is 3. The van der Waals surface area contributed by atoms with Gasteiger partial charge in [-0.3, -0.25) is 4.79 Å². The average molecular weight is 454 g/mol. The molecule has 176 valence electrons. The van der Waals surface area contributed by atoms with Crippen molar-refractivity contribution in [3.63, 3.8) is 0 Å². The van der Waals surface area contributed by atoms with Crippen LogP contribution in [0.15, 0.2) is 48.5 Å². The van der Waals surface area contributed by atoms with Crippen LogP contribution in [-0.2, 0) is 19.8 Å². The molecule has 3 rings (SSSR count). The number of nitrogens with one attached hydrogen (secondary N) is 2. The van der Waals surface area contributed by atoms with Crippen LogP contribution in [0, 0.1) is 6.92 Å². The molecule has 2 aromatic rings. The maximum Gasteiger partial charge on any atom is 0.408 e. The summed E-state index contributed by atoms with van der Waals surface area (Å²) in [4.78, 5) is 40.9. The van der Waals surface area contributed by atoms with Crippen molar-refractivity contribution in [2.75, 3.05) is 18.6 Å². The van der Waals surface area contributed by atoms with E-state index < -0.39 is 35.3 Å². The molecule has 2 aromatic carbocycles. The Kier molecular flexibility index (Phi) is 6.67. The Morgan fingerprint density at radius 3 is 2.30 bits per heavy atom. The highest BCUT2D eigenvalue weighted by atomic mass is 16.6. The van der Waals surface area contributed by atoms with Crippen LogP contribution in [0.1, 0.15) is 50.4 Å². The summed E-state index contributed by atoms with van der Waals surface area (Å²) >= 11 is 0. The van der Waals surface area contributed by atoms with Gasteiger partial charge in [-0.15, -0.1) is 0 Å². The highest BCUT2D eigenvalue weighted by Gasteiger charge is 2.57. The van der Waals surface area contributed by atoms with E-state index in [1.54, 1.807) is 52.9 Å². The molecule has 0 saturated heterocycles. The van der Waals surface area contributed by atoms with Crippen molar-refractivity contribution in [1.29, 1.82) is 0 Å². The number of likely N-dealkylation sites (N-methyl/N-ethyl adjacent to an activating group) is 1. The Balaban J connectivity index is 2.22. The summed E-state index contributed by atoms with van der Waals surface area (Å²) in [5.41, 5.74) is 0.413. The molecule has 1 aliphatic heterocycles. The van der Waals surface area contributed by atoms with Crippen molar-refractivity contribution < 1.29 is 23.9 Å². The molecule has 2 atom stereocenters. The number of carbonyl (C=O) groups excluding carboxylic acids is 3. The molecular weight excluding hydrogens is 422 g/mol. The number of ether oxygens (including phenoxy) is 2. The number of rotatable bonds is 5. The standard InChI is InChI=1S/C25H31N3O5/c1-7-32-23(31)27-25(18-10-8-9-11-19(18)28(6)21(25)29)20(17-14-12-16(2)13-15-17)26-22(30)33-24(3,4)5/h8-15,20H,7H2,1-6H3,(H,26,30)(H,27,31)/t20-,25?/m0/s1. The Morgan fingerprint density at radius 2 is 1.70 bits per heavy atom. The number of anilines is 1. The molecule has 3 amide bonds. The maximum atomic E-state index is 13.8. The van der Waals surface area contributed by atoms with E-state index in [1.807, 2.05) is 37.3 Å². The van der Waals surface area contributed by atoms with Gasteiger partial charge in [0.1, 0.15) is 5.60 Å². The summed E-state index contributed by atoms with van der Waals surface area (Å²) in [6, 6.07) is 13.6. The van der Waals surface area contributed by atoms with Gasteiger partial charge in [-0.2, -0.15) is 0 Å². The fourth-order valence-corrected chi connectivity index (χ4v) is 4.01. The van der Waals surface area contributed by atoms with E-state index in [0.29, 0.717) is 16.8 Å². The van der Waals surface area contributed by atoms with Crippen LogP contribution in [0.2, 0.25) is 0 Å². The van der Waals surface area contributed by atoms with E-state index in [-0.39, 0.29) is 6.61 Å². The number of benzene rings is 2. The van der Waals surface area contributed by atoms with E-state index in [9.17, 15) is 14.4 Å². The van der Waals surface area contributed by atoms with Crippen LogP contribution in [0.5, 0.6) is 0 Å². The Labute approximate surface area is 194 Å². The Morgan fingerprint density at radius 1 is 1.06 bits per heavy atom. The SMILES string of the molecule is CCOC(=O)NC1([C@@H](NC(=O)OC(C)(C)C)c2ccc(C)cc2)C(=O)N(C)c2ccccc21. The topological polar surface area (TPSA) is 97.0 Å². The van der Waals surface area contributed by atoms with Crippen molar-refractivity contribution in [2.45, 2.75) is 51.8 Å². The summed E-state index contributed by atoms with van der Waals surface area (Å²) in [7, 11) is 1.63. The number of nitrogens with zero attached hydrogens (tertiary/aromatic N) is 1. The number of alkyl carbamates (subject to hydrolysis) is 2. The smallest absolute Gasteiger partial charge is 0.408 e. The van der Waals surface area contributed by atoms with E-state index >= 15 is 0 Å². The van der Waals surface area contributed by atoms with E-state index in [1.165, 1.54) is 4.90 Å². The summed E-state index contributed by atoms with van der Waals surface area (Å²) in [5.74, 6) is -0.404. The first-order chi connectivity index (χ1) is 15.5. The lowest BCUT2D eigenvalue weighted by Gasteiger charge is -2.37. The van der Waals surface area contributed by atoms with Crippen LogP contribution in [0.25, 0.3) is 0 Å². The van der Waals surface area contributed by atoms with Crippen LogP contribution >= 0.6 is 0 Å². The summed E-state index contributed by atoms with van der Waals surface area (Å²) in [5, 5.41) is 5.64. The molecule has 8 nitrogen and oxygen atoms in total. The number of fused-ring (bicyclic) bond motifs is 1. The van der Waals surface area contributed by atoms with Crippen LogP contribution in [0.3, 0.4) is 0 Å². The lowest BCUT2D eigenvalue weighted by Crippen LogP contribution is -2.60. The van der Waals surface area contributed by atoms with Crippen molar-refractivity contribution in [1.82, 2.24) is 10.6 Å². The molecular formula is C25H31N3O5. The average Bonchev–Trinajstić information content (AvgIpc) is 2.94. The molecule has 0 saturated carbocycles. The molecule has 33 heavy (non-hydrogen) atoms. The van der Waals surface area contributed by atoms with Crippen molar-refractivity contribution >= 4 is 23.8 Å². The summed E-state index contributed by atoms with van der Waals surface area (Å²) in [6.07, 6.45) is -1.48. The van der Waals surface area contributed by atoms with Crippen LogP contribution in [-0.4, -0.2) is 37.3 Å². The lowest BCUT2D eigenvalue weighted by molar-refractivity contribution is -0.125. The predicted octanol–water partition coefficient (Wildman–Crippen LogP) is 4.18. The second-order valence-electron chi connectivity index (χ2n) is 9.02. The van der Waals surface area contributed by atoms with Gasteiger partial charge in [0.25, 0.3) is 5.91 Å². The minimum atomic E-state index is -1.65. The largest absolute Gasteiger partial charge is 0.450 e. The fraction of sp³-hybridized carbons (Fsp3) is 0.400. The zero-order valence-electron chi connectivity index (χ0n) is 19.9. The van der Waals surface area contributed by atoms with Gasteiger partial charge in [0.2, 0.25) is 0 Å². The number of aryl methyl sites for hydroxylation is 1. The van der Waals surface area contributed by atoms with Gasteiger partial charge >= 0.3 is 12.2 Å². The van der Waals surface area contributed by atoms with Crippen molar-refractivity contribution in [2.24, 2.45) is 0 Å². The number of para-hydroxylation sites is 1.